The Bertz CT molecular complexity index is 1070. The van der Waals surface area contributed by atoms with Crippen LogP contribution in [0.5, 0.6) is 5.75 Å². The lowest BCUT2D eigenvalue weighted by Crippen LogP contribution is -2.14. The molecule has 0 spiro atoms. The molecule has 164 valence electrons. The van der Waals surface area contributed by atoms with Crippen LogP contribution in [-0.4, -0.2) is 18.4 Å². The highest BCUT2D eigenvalue weighted by molar-refractivity contribution is 7.18. The zero-order valence-electron chi connectivity index (χ0n) is 16.6. The highest BCUT2D eigenvalue weighted by Gasteiger charge is 2.31. The van der Waals surface area contributed by atoms with E-state index >= 15 is 0 Å². The van der Waals surface area contributed by atoms with Gasteiger partial charge in [0.15, 0.2) is 5.76 Å². The van der Waals surface area contributed by atoms with Crippen molar-refractivity contribution in [3.8, 4) is 5.75 Å². The number of halogens is 3. The van der Waals surface area contributed by atoms with Gasteiger partial charge in [-0.05, 0) is 55.3 Å². The summed E-state index contributed by atoms with van der Waals surface area (Å²) in [5.74, 6) is -0.838. The second-order valence-corrected chi connectivity index (χ2v) is 7.62. The van der Waals surface area contributed by atoms with E-state index in [0.717, 1.165) is 23.5 Å². The molecule has 0 aliphatic carbocycles. The summed E-state index contributed by atoms with van der Waals surface area (Å²) >= 11 is 0.997. The molecule has 10 heteroatoms. The van der Waals surface area contributed by atoms with E-state index in [2.05, 4.69) is 10.6 Å². The first-order valence-corrected chi connectivity index (χ1v) is 10.1. The fourth-order valence-electron chi connectivity index (χ4n) is 2.67. The summed E-state index contributed by atoms with van der Waals surface area (Å²) in [5, 5.41) is 5.52. The first kappa shape index (κ1) is 22.4. The van der Waals surface area contributed by atoms with E-state index in [4.69, 9.17) is 9.15 Å². The highest BCUT2D eigenvalue weighted by Crippen LogP contribution is 2.36. The summed E-state index contributed by atoms with van der Waals surface area (Å²) in [6, 6.07) is 7.59. The Morgan fingerprint density at radius 3 is 2.55 bits per heavy atom. The van der Waals surface area contributed by atoms with Crippen molar-refractivity contribution in [3.05, 3.63) is 64.4 Å². The van der Waals surface area contributed by atoms with E-state index in [1.165, 1.54) is 18.4 Å². The minimum absolute atomic E-state index is 0.0813. The maximum Gasteiger partial charge on any atom is 0.416 e. The van der Waals surface area contributed by atoms with Gasteiger partial charge < -0.3 is 19.8 Å². The minimum atomic E-state index is -4.56. The fraction of sp³-hybridized carbons (Fsp3) is 0.238. The molecular formula is C21H19F3N2O4S. The topological polar surface area (TPSA) is 80.6 Å². The predicted octanol–water partition coefficient (Wildman–Crippen LogP) is 5.96. The van der Waals surface area contributed by atoms with Gasteiger partial charge in [-0.25, -0.2) is 0 Å². The molecule has 0 atom stereocenters. The number of aryl methyl sites for hydroxylation is 1. The summed E-state index contributed by atoms with van der Waals surface area (Å²) in [4.78, 5) is 25.1. The first-order valence-electron chi connectivity index (χ1n) is 9.29. The number of hydrogen-bond donors (Lipinski definition) is 2. The van der Waals surface area contributed by atoms with Crippen LogP contribution in [0.15, 0.2) is 47.1 Å². The second kappa shape index (κ2) is 9.25. The third-order valence-corrected chi connectivity index (χ3v) is 5.27. The summed E-state index contributed by atoms with van der Waals surface area (Å²) < 4.78 is 49.9. The van der Waals surface area contributed by atoms with Gasteiger partial charge in [0.1, 0.15) is 5.75 Å². The van der Waals surface area contributed by atoms with Crippen molar-refractivity contribution >= 4 is 33.8 Å². The monoisotopic (exact) mass is 452 g/mol. The number of carbonyl (C=O) groups excluding carboxylic acids is 2. The Balaban J connectivity index is 1.82. The second-order valence-electron chi connectivity index (χ2n) is 6.57. The molecule has 2 amide bonds. The summed E-state index contributed by atoms with van der Waals surface area (Å²) in [7, 11) is 0. The van der Waals surface area contributed by atoms with Gasteiger partial charge in [0.05, 0.1) is 34.0 Å². The minimum Gasteiger partial charge on any atom is -0.491 e. The van der Waals surface area contributed by atoms with Crippen molar-refractivity contribution in [2.45, 2.75) is 26.4 Å². The number of amides is 2. The van der Waals surface area contributed by atoms with Gasteiger partial charge in [-0.3, -0.25) is 9.59 Å². The molecule has 3 aromatic rings. The van der Waals surface area contributed by atoms with Crippen LogP contribution < -0.4 is 15.4 Å². The Morgan fingerprint density at radius 1 is 1.13 bits per heavy atom. The van der Waals surface area contributed by atoms with Crippen LogP contribution in [0.2, 0.25) is 0 Å². The molecule has 2 aromatic heterocycles. The van der Waals surface area contributed by atoms with Gasteiger partial charge in [0.25, 0.3) is 11.8 Å². The number of hydrogen-bond acceptors (Lipinski definition) is 5. The van der Waals surface area contributed by atoms with Crippen LogP contribution >= 0.6 is 11.3 Å². The van der Waals surface area contributed by atoms with Gasteiger partial charge >= 0.3 is 6.18 Å². The summed E-state index contributed by atoms with van der Waals surface area (Å²) in [5.41, 5.74) is -0.427. The molecule has 0 aliphatic heterocycles. The van der Waals surface area contributed by atoms with Gasteiger partial charge in [-0.2, -0.15) is 13.2 Å². The molecule has 0 unspecified atom stereocenters. The van der Waals surface area contributed by atoms with Crippen LogP contribution in [0, 0.1) is 6.92 Å². The quantitative estimate of drug-likeness (QED) is 0.463. The zero-order chi connectivity index (χ0) is 22.6. The molecule has 2 N–H and O–H groups in total. The number of anilines is 2. The Kier molecular flexibility index (Phi) is 6.69. The van der Waals surface area contributed by atoms with Gasteiger partial charge in [-0.15, -0.1) is 11.3 Å². The molecule has 3 rings (SSSR count). The van der Waals surface area contributed by atoms with Crippen LogP contribution in [0.1, 0.15) is 44.7 Å². The maximum atomic E-state index is 13.1. The largest absolute Gasteiger partial charge is 0.491 e. The number of rotatable bonds is 7. The number of thiophene rings is 1. The molecule has 0 aliphatic rings. The van der Waals surface area contributed by atoms with E-state index in [9.17, 15) is 22.8 Å². The molecule has 0 bridgehead atoms. The molecule has 0 fully saturated rings. The molecule has 31 heavy (non-hydrogen) atoms. The average Bonchev–Trinajstić information content (AvgIpc) is 3.36. The number of carbonyl (C=O) groups is 2. The number of ether oxygens (including phenoxy) is 1. The molecule has 0 saturated carbocycles. The molecule has 6 nitrogen and oxygen atoms in total. The van der Waals surface area contributed by atoms with E-state index < -0.39 is 23.6 Å². The van der Waals surface area contributed by atoms with Crippen molar-refractivity contribution in [1.29, 1.82) is 0 Å². The van der Waals surface area contributed by atoms with Gasteiger partial charge in [0, 0.05) is 0 Å². The third kappa shape index (κ3) is 5.46. The normalized spacial score (nSPS) is 11.3. The first-order chi connectivity index (χ1) is 14.7. The van der Waals surface area contributed by atoms with E-state index in [-0.39, 0.29) is 28.7 Å². The lowest BCUT2D eigenvalue weighted by Gasteiger charge is -2.15. The smallest absolute Gasteiger partial charge is 0.416 e. The third-order valence-electron chi connectivity index (χ3n) is 4.12. The van der Waals surface area contributed by atoms with E-state index in [1.54, 1.807) is 19.1 Å². The molecule has 2 heterocycles. The molecule has 1 aromatic carbocycles. The molecule has 0 saturated heterocycles. The van der Waals surface area contributed by atoms with Crippen molar-refractivity contribution in [1.82, 2.24) is 0 Å². The summed E-state index contributed by atoms with van der Waals surface area (Å²) in [6.45, 7) is 3.81. The zero-order valence-corrected chi connectivity index (χ0v) is 17.4. The lowest BCUT2D eigenvalue weighted by atomic mass is 10.1. The van der Waals surface area contributed by atoms with Crippen molar-refractivity contribution in [2.24, 2.45) is 0 Å². The molecule has 0 radical (unpaired) electrons. The van der Waals surface area contributed by atoms with Crippen molar-refractivity contribution in [3.63, 3.8) is 0 Å². The fourth-order valence-corrected chi connectivity index (χ4v) is 3.63. The average molecular weight is 452 g/mol. The number of furan rings is 1. The maximum absolute atomic E-state index is 13.1. The van der Waals surface area contributed by atoms with Crippen LogP contribution in [0.3, 0.4) is 0 Å². The van der Waals surface area contributed by atoms with Gasteiger partial charge in [-0.1, -0.05) is 6.92 Å². The van der Waals surface area contributed by atoms with Crippen LogP contribution in [-0.2, 0) is 6.18 Å². The van der Waals surface area contributed by atoms with Crippen molar-refractivity contribution < 1.29 is 31.9 Å². The number of benzene rings is 1. The van der Waals surface area contributed by atoms with E-state index in [1.807, 2.05) is 6.92 Å². The lowest BCUT2D eigenvalue weighted by molar-refractivity contribution is -0.137. The molecular weight excluding hydrogens is 433 g/mol. The standard InChI is InChI=1S/C21H19F3N2O4S/c1-3-8-29-15-7-6-13(21(22,23)24)11-14(15)25-20(28)18-12(2)10-17(31-18)26-19(27)16-5-4-9-30-16/h4-7,9-11H,3,8H2,1-2H3,(H,25,28)(H,26,27). The summed E-state index contributed by atoms with van der Waals surface area (Å²) in [6.07, 6.45) is -2.55. The van der Waals surface area contributed by atoms with Crippen LogP contribution in [0.4, 0.5) is 23.9 Å². The predicted molar refractivity (Wildman–Crippen MR) is 111 cm³/mol. The Morgan fingerprint density at radius 2 is 1.90 bits per heavy atom. The van der Waals surface area contributed by atoms with Gasteiger partial charge in [0.2, 0.25) is 0 Å². The Labute approximate surface area is 180 Å². The SMILES string of the molecule is CCCOc1ccc(C(F)(F)F)cc1NC(=O)c1sc(NC(=O)c2ccco2)cc1C. The van der Waals surface area contributed by atoms with Crippen molar-refractivity contribution in [2.75, 3.05) is 17.2 Å². The van der Waals surface area contributed by atoms with Crippen LogP contribution in [0.25, 0.3) is 0 Å². The highest BCUT2D eigenvalue weighted by atomic mass is 32.1. The Hall–Kier alpha value is -3.27. The number of alkyl halides is 3. The van der Waals surface area contributed by atoms with E-state index in [0.29, 0.717) is 17.0 Å². The number of nitrogens with one attached hydrogen (secondary N) is 2.